The monoisotopic (exact) mass is 214 g/mol. The Morgan fingerprint density at radius 3 is 2.33 bits per heavy atom. The molecule has 1 atom stereocenters. The molecule has 1 fully saturated rings. The molecule has 15 heavy (non-hydrogen) atoms. The van der Waals surface area contributed by atoms with Gasteiger partial charge in [-0.3, -0.25) is 4.90 Å². The molecular weight excluding hydrogens is 188 g/mol. The van der Waals surface area contributed by atoms with E-state index in [-0.39, 0.29) is 5.54 Å². The molecule has 1 saturated heterocycles. The molecule has 0 bridgehead atoms. The Morgan fingerprint density at radius 1 is 1.27 bits per heavy atom. The van der Waals surface area contributed by atoms with E-state index in [2.05, 4.69) is 18.7 Å². The fourth-order valence-corrected chi connectivity index (χ4v) is 2.50. The zero-order chi connectivity index (χ0) is 11.1. The van der Waals surface area contributed by atoms with Crippen molar-refractivity contribution < 1.29 is 4.74 Å². The van der Waals surface area contributed by atoms with Crippen molar-refractivity contribution in [1.82, 2.24) is 4.90 Å². The molecule has 0 amide bonds. The van der Waals surface area contributed by atoms with Gasteiger partial charge in [-0.15, -0.1) is 0 Å². The van der Waals surface area contributed by atoms with E-state index in [0.717, 1.165) is 39.3 Å². The van der Waals surface area contributed by atoms with Crippen molar-refractivity contribution in [1.29, 1.82) is 0 Å². The molecule has 0 saturated carbocycles. The van der Waals surface area contributed by atoms with Gasteiger partial charge < -0.3 is 10.5 Å². The van der Waals surface area contributed by atoms with Gasteiger partial charge in [0, 0.05) is 13.2 Å². The summed E-state index contributed by atoms with van der Waals surface area (Å²) < 4.78 is 5.63. The molecule has 1 heterocycles. The van der Waals surface area contributed by atoms with E-state index in [1.54, 1.807) is 0 Å². The Labute approximate surface area is 94.0 Å². The summed E-state index contributed by atoms with van der Waals surface area (Å²) in [7, 11) is 0. The van der Waals surface area contributed by atoms with Crippen LogP contribution in [-0.4, -0.2) is 43.3 Å². The normalized spacial score (nSPS) is 27.2. The first-order valence-corrected chi connectivity index (χ1v) is 6.32. The topological polar surface area (TPSA) is 38.5 Å². The lowest BCUT2D eigenvalue weighted by molar-refractivity contribution is -0.0450. The van der Waals surface area contributed by atoms with Gasteiger partial charge in [-0.1, -0.05) is 13.8 Å². The van der Waals surface area contributed by atoms with Crippen LogP contribution in [0.15, 0.2) is 0 Å². The Hall–Kier alpha value is -0.120. The van der Waals surface area contributed by atoms with Gasteiger partial charge in [0.05, 0.1) is 12.1 Å². The molecule has 0 aromatic heterocycles. The van der Waals surface area contributed by atoms with Gasteiger partial charge in [0.25, 0.3) is 0 Å². The van der Waals surface area contributed by atoms with Crippen LogP contribution in [0.1, 0.15) is 39.5 Å². The average molecular weight is 214 g/mol. The first-order valence-electron chi connectivity index (χ1n) is 6.32. The third kappa shape index (κ3) is 3.16. The molecular formula is C12H26N2O. The van der Waals surface area contributed by atoms with Gasteiger partial charge in [0.15, 0.2) is 0 Å². The number of hydrogen-bond donors (Lipinski definition) is 1. The summed E-state index contributed by atoms with van der Waals surface area (Å²) in [5.41, 5.74) is 6.11. The van der Waals surface area contributed by atoms with E-state index in [4.69, 9.17) is 10.5 Å². The number of hydrogen-bond acceptors (Lipinski definition) is 3. The summed E-state index contributed by atoms with van der Waals surface area (Å²) in [6, 6.07) is 0. The SMILES string of the molecule is CCCN(CCC)C1(CN)CCCOC1. The molecule has 2 N–H and O–H groups in total. The molecule has 1 unspecified atom stereocenters. The molecule has 1 aliphatic rings. The molecule has 0 aromatic rings. The van der Waals surface area contributed by atoms with E-state index in [1.807, 2.05) is 0 Å². The molecule has 0 spiro atoms. The second kappa shape index (κ2) is 6.46. The predicted octanol–water partition coefficient (Wildman–Crippen LogP) is 1.62. The van der Waals surface area contributed by atoms with Crippen molar-refractivity contribution in [3.8, 4) is 0 Å². The fourth-order valence-electron chi connectivity index (χ4n) is 2.50. The van der Waals surface area contributed by atoms with Crippen molar-refractivity contribution >= 4 is 0 Å². The Balaban J connectivity index is 2.65. The van der Waals surface area contributed by atoms with Crippen LogP contribution in [0.5, 0.6) is 0 Å². The Kier molecular flexibility index (Phi) is 5.58. The van der Waals surface area contributed by atoms with Gasteiger partial charge in [0.1, 0.15) is 0 Å². The number of nitrogens with zero attached hydrogens (tertiary/aromatic N) is 1. The van der Waals surface area contributed by atoms with Crippen molar-refractivity contribution in [2.24, 2.45) is 5.73 Å². The summed E-state index contributed by atoms with van der Waals surface area (Å²) in [6.07, 6.45) is 4.74. The minimum atomic E-state index is 0.129. The summed E-state index contributed by atoms with van der Waals surface area (Å²) in [4.78, 5) is 2.55. The lowest BCUT2D eigenvalue weighted by Gasteiger charge is -2.45. The highest BCUT2D eigenvalue weighted by Gasteiger charge is 2.36. The molecule has 0 aliphatic carbocycles. The third-order valence-electron chi connectivity index (χ3n) is 3.34. The van der Waals surface area contributed by atoms with Crippen molar-refractivity contribution in [3.63, 3.8) is 0 Å². The van der Waals surface area contributed by atoms with E-state index in [9.17, 15) is 0 Å². The second-order valence-electron chi connectivity index (χ2n) is 4.57. The van der Waals surface area contributed by atoms with Crippen molar-refractivity contribution in [2.75, 3.05) is 32.8 Å². The van der Waals surface area contributed by atoms with Crippen LogP contribution in [0.25, 0.3) is 0 Å². The molecule has 1 aliphatic heterocycles. The number of nitrogens with two attached hydrogens (primary N) is 1. The van der Waals surface area contributed by atoms with Crippen LogP contribution in [0, 0.1) is 0 Å². The molecule has 90 valence electrons. The van der Waals surface area contributed by atoms with Crippen molar-refractivity contribution in [3.05, 3.63) is 0 Å². The summed E-state index contributed by atoms with van der Waals surface area (Å²) in [6.45, 7) is 9.22. The first kappa shape index (κ1) is 12.9. The maximum atomic E-state index is 5.98. The van der Waals surface area contributed by atoms with Crippen LogP contribution in [0.4, 0.5) is 0 Å². The quantitative estimate of drug-likeness (QED) is 0.730. The van der Waals surface area contributed by atoms with Gasteiger partial charge in [-0.05, 0) is 38.8 Å². The standard InChI is InChI=1S/C12H26N2O/c1-3-7-14(8-4-2)12(10-13)6-5-9-15-11-12/h3-11,13H2,1-2H3. The molecule has 1 rings (SSSR count). The van der Waals surface area contributed by atoms with Crippen molar-refractivity contribution in [2.45, 2.75) is 45.1 Å². The minimum absolute atomic E-state index is 0.129. The van der Waals surface area contributed by atoms with Gasteiger partial charge in [0.2, 0.25) is 0 Å². The average Bonchev–Trinajstić information content (AvgIpc) is 2.30. The third-order valence-corrected chi connectivity index (χ3v) is 3.34. The maximum Gasteiger partial charge on any atom is 0.0662 e. The highest BCUT2D eigenvalue weighted by atomic mass is 16.5. The zero-order valence-corrected chi connectivity index (χ0v) is 10.3. The van der Waals surface area contributed by atoms with Gasteiger partial charge >= 0.3 is 0 Å². The van der Waals surface area contributed by atoms with Crippen LogP contribution in [0.3, 0.4) is 0 Å². The second-order valence-corrected chi connectivity index (χ2v) is 4.57. The number of rotatable bonds is 6. The van der Waals surface area contributed by atoms with Gasteiger partial charge in [-0.25, -0.2) is 0 Å². The maximum absolute atomic E-state index is 5.98. The smallest absolute Gasteiger partial charge is 0.0662 e. The predicted molar refractivity (Wildman–Crippen MR) is 64.0 cm³/mol. The molecule has 0 aromatic carbocycles. The number of ether oxygens (including phenoxy) is 1. The zero-order valence-electron chi connectivity index (χ0n) is 10.3. The highest BCUT2D eigenvalue weighted by molar-refractivity contribution is 4.93. The van der Waals surface area contributed by atoms with E-state index >= 15 is 0 Å². The van der Waals surface area contributed by atoms with Crippen LogP contribution >= 0.6 is 0 Å². The first-order chi connectivity index (χ1) is 7.29. The van der Waals surface area contributed by atoms with Gasteiger partial charge in [-0.2, -0.15) is 0 Å². The highest BCUT2D eigenvalue weighted by Crippen LogP contribution is 2.25. The fraction of sp³-hybridized carbons (Fsp3) is 1.00. The van der Waals surface area contributed by atoms with E-state index in [1.165, 1.54) is 19.3 Å². The van der Waals surface area contributed by atoms with E-state index in [0.29, 0.717) is 0 Å². The lowest BCUT2D eigenvalue weighted by Crippen LogP contribution is -2.59. The Morgan fingerprint density at radius 2 is 1.93 bits per heavy atom. The minimum Gasteiger partial charge on any atom is -0.379 e. The van der Waals surface area contributed by atoms with Crippen LogP contribution < -0.4 is 5.73 Å². The van der Waals surface area contributed by atoms with Crippen LogP contribution in [-0.2, 0) is 4.74 Å². The lowest BCUT2D eigenvalue weighted by atomic mass is 9.90. The molecule has 3 nitrogen and oxygen atoms in total. The largest absolute Gasteiger partial charge is 0.379 e. The summed E-state index contributed by atoms with van der Waals surface area (Å²) in [5.74, 6) is 0. The van der Waals surface area contributed by atoms with Crippen LogP contribution in [0.2, 0.25) is 0 Å². The summed E-state index contributed by atoms with van der Waals surface area (Å²) in [5, 5.41) is 0. The molecule has 0 radical (unpaired) electrons. The Bertz CT molecular complexity index is 161. The van der Waals surface area contributed by atoms with E-state index < -0.39 is 0 Å². The summed E-state index contributed by atoms with van der Waals surface area (Å²) >= 11 is 0. The molecule has 3 heteroatoms.